The van der Waals surface area contributed by atoms with Gasteiger partial charge < -0.3 is 15.3 Å². The molecule has 3 N–H and O–H groups in total. The molecule has 0 aliphatic carbocycles. The molecule has 4 heteroatoms. The smallest absolute Gasteiger partial charge is 0.0957 e. The van der Waals surface area contributed by atoms with E-state index in [2.05, 4.69) is 0 Å². The van der Waals surface area contributed by atoms with Crippen molar-refractivity contribution in [3.8, 4) is 0 Å². The lowest BCUT2D eigenvalue weighted by Gasteiger charge is -2.21. The van der Waals surface area contributed by atoms with Crippen molar-refractivity contribution in [1.82, 2.24) is 4.90 Å². The van der Waals surface area contributed by atoms with Crippen molar-refractivity contribution in [3.63, 3.8) is 0 Å². The maximum absolute atomic E-state index is 8.51. The van der Waals surface area contributed by atoms with E-state index in [1.54, 1.807) is 7.05 Å². The van der Waals surface area contributed by atoms with Crippen molar-refractivity contribution in [2.24, 2.45) is 0 Å². The van der Waals surface area contributed by atoms with E-state index in [0.29, 0.717) is 0 Å². The first-order chi connectivity index (χ1) is 4.26. The van der Waals surface area contributed by atoms with Crippen LogP contribution in [-0.4, -0.2) is 53.3 Å². The zero-order valence-corrected chi connectivity index (χ0v) is 5.49. The number of hydrogen-bond acceptors (Lipinski definition) is 4. The summed E-state index contributed by atoms with van der Waals surface area (Å²) in [5, 5.41) is 25.5. The number of nitrogens with zero attached hydrogens (tertiary/aromatic N) is 1. The van der Waals surface area contributed by atoms with Crippen LogP contribution in [0.3, 0.4) is 0 Å². The normalized spacial score (nSPS) is 11.3. The lowest BCUT2D eigenvalue weighted by molar-refractivity contribution is 0.0329. The third-order valence-electron chi connectivity index (χ3n) is 1.27. The van der Waals surface area contributed by atoms with Crippen molar-refractivity contribution in [2.75, 3.05) is 27.0 Å². The first-order valence-electron chi connectivity index (χ1n) is 2.79. The van der Waals surface area contributed by atoms with Gasteiger partial charge in [-0.2, -0.15) is 0 Å². The van der Waals surface area contributed by atoms with E-state index in [9.17, 15) is 0 Å². The molecular formula is C5H13NO3. The second-order valence-electron chi connectivity index (χ2n) is 1.92. The van der Waals surface area contributed by atoms with Crippen LogP contribution in [0.4, 0.5) is 0 Å². The molecule has 0 amide bonds. The van der Waals surface area contributed by atoms with Gasteiger partial charge in [-0.3, -0.25) is 4.90 Å². The fraction of sp³-hybridized carbons (Fsp3) is 1.00. The predicted octanol–water partition coefficient (Wildman–Crippen LogP) is -1.78. The van der Waals surface area contributed by atoms with Gasteiger partial charge in [0.2, 0.25) is 0 Å². The third kappa shape index (κ3) is 2.76. The van der Waals surface area contributed by atoms with Crippen molar-refractivity contribution in [1.29, 1.82) is 0 Å². The predicted molar refractivity (Wildman–Crippen MR) is 32.8 cm³/mol. The zero-order chi connectivity index (χ0) is 7.28. The van der Waals surface area contributed by atoms with Crippen LogP contribution in [0.15, 0.2) is 0 Å². The Morgan fingerprint density at radius 2 is 1.67 bits per heavy atom. The summed E-state index contributed by atoms with van der Waals surface area (Å²) >= 11 is 0. The molecule has 0 aliphatic heterocycles. The van der Waals surface area contributed by atoms with Gasteiger partial charge in [0.15, 0.2) is 0 Å². The molecule has 0 aromatic rings. The molecule has 0 rings (SSSR count). The second kappa shape index (κ2) is 4.69. The molecule has 9 heavy (non-hydrogen) atoms. The zero-order valence-electron chi connectivity index (χ0n) is 5.49. The van der Waals surface area contributed by atoms with Gasteiger partial charge in [0, 0.05) is 0 Å². The first-order valence-corrected chi connectivity index (χ1v) is 2.79. The van der Waals surface area contributed by atoms with Crippen LogP contribution in [0.5, 0.6) is 0 Å². The number of aliphatic hydroxyl groups excluding tert-OH is 3. The van der Waals surface area contributed by atoms with Crippen LogP contribution in [0.1, 0.15) is 0 Å². The molecule has 0 radical (unpaired) electrons. The molecule has 0 aromatic carbocycles. The quantitative estimate of drug-likeness (QED) is 0.399. The van der Waals surface area contributed by atoms with Gasteiger partial charge in [-0.25, -0.2) is 0 Å². The van der Waals surface area contributed by atoms with Crippen LogP contribution in [-0.2, 0) is 0 Å². The highest BCUT2D eigenvalue weighted by Crippen LogP contribution is 1.90. The van der Waals surface area contributed by atoms with Gasteiger partial charge in [-0.1, -0.05) is 0 Å². The maximum Gasteiger partial charge on any atom is 0.0957 e. The Morgan fingerprint density at radius 3 is 1.78 bits per heavy atom. The van der Waals surface area contributed by atoms with Crippen LogP contribution in [0.2, 0.25) is 0 Å². The Balaban J connectivity index is 3.50. The summed E-state index contributed by atoms with van der Waals surface area (Å²) in [6.45, 7) is -0.410. The van der Waals surface area contributed by atoms with E-state index in [1.165, 1.54) is 4.90 Å². The second-order valence-corrected chi connectivity index (χ2v) is 1.92. The maximum atomic E-state index is 8.51. The van der Waals surface area contributed by atoms with E-state index in [1.807, 2.05) is 0 Å². The SMILES string of the molecule is CN(CO)C(CO)CO. The van der Waals surface area contributed by atoms with E-state index < -0.39 is 0 Å². The fourth-order valence-electron chi connectivity index (χ4n) is 0.452. The molecule has 56 valence electrons. The average molecular weight is 135 g/mol. The Morgan fingerprint density at radius 1 is 1.22 bits per heavy atom. The van der Waals surface area contributed by atoms with Gasteiger partial charge in [0.05, 0.1) is 26.0 Å². The number of rotatable bonds is 4. The molecule has 4 nitrogen and oxygen atoms in total. The first kappa shape index (κ1) is 8.84. The van der Waals surface area contributed by atoms with Crippen molar-refractivity contribution in [3.05, 3.63) is 0 Å². The molecule has 0 aliphatic rings. The van der Waals surface area contributed by atoms with Gasteiger partial charge in [-0.15, -0.1) is 0 Å². The van der Waals surface area contributed by atoms with Gasteiger partial charge >= 0.3 is 0 Å². The van der Waals surface area contributed by atoms with Crippen molar-refractivity contribution < 1.29 is 15.3 Å². The highest BCUT2D eigenvalue weighted by molar-refractivity contribution is 4.61. The molecule has 0 aromatic heterocycles. The topological polar surface area (TPSA) is 63.9 Å². The summed E-state index contributed by atoms with van der Waals surface area (Å²) in [6, 6.07) is -0.338. The molecule has 0 unspecified atom stereocenters. The third-order valence-corrected chi connectivity index (χ3v) is 1.27. The summed E-state index contributed by atoms with van der Waals surface area (Å²) in [5.74, 6) is 0. The van der Waals surface area contributed by atoms with Crippen LogP contribution in [0, 0.1) is 0 Å². The summed E-state index contributed by atoms with van der Waals surface area (Å²) < 4.78 is 0. The van der Waals surface area contributed by atoms with Crippen LogP contribution in [0.25, 0.3) is 0 Å². The van der Waals surface area contributed by atoms with E-state index in [-0.39, 0.29) is 26.0 Å². The molecule has 0 bridgehead atoms. The average Bonchev–Trinajstić information content (AvgIpc) is 1.90. The van der Waals surface area contributed by atoms with E-state index >= 15 is 0 Å². The lowest BCUT2D eigenvalue weighted by Crippen LogP contribution is -2.38. The highest BCUT2D eigenvalue weighted by Gasteiger charge is 2.09. The Bertz CT molecular complexity index is 65.2. The van der Waals surface area contributed by atoms with Crippen molar-refractivity contribution >= 4 is 0 Å². The minimum Gasteiger partial charge on any atom is -0.395 e. The van der Waals surface area contributed by atoms with Crippen LogP contribution >= 0.6 is 0 Å². The monoisotopic (exact) mass is 135 g/mol. The molecule has 0 atom stereocenters. The minimum atomic E-state index is -0.338. The number of likely N-dealkylation sites (N-methyl/N-ethyl adjacent to an activating group) is 1. The molecule has 0 fully saturated rings. The fourth-order valence-corrected chi connectivity index (χ4v) is 0.452. The van der Waals surface area contributed by atoms with Gasteiger partial charge in [0.1, 0.15) is 0 Å². The summed E-state index contributed by atoms with van der Waals surface area (Å²) in [6.07, 6.45) is 0. The van der Waals surface area contributed by atoms with Gasteiger partial charge in [0.25, 0.3) is 0 Å². The Labute approximate surface area is 54.3 Å². The molecule has 0 saturated heterocycles. The Kier molecular flexibility index (Phi) is 4.61. The van der Waals surface area contributed by atoms with E-state index in [4.69, 9.17) is 15.3 Å². The Hall–Kier alpha value is -0.160. The molecule has 0 saturated carbocycles. The van der Waals surface area contributed by atoms with Crippen LogP contribution < -0.4 is 0 Å². The lowest BCUT2D eigenvalue weighted by atomic mass is 10.3. The largest absolute Gasteiger partial charge is 0.395 e. The van der Waals surface area contributed by atoms with Gasteiger partial charge in [-0.05, 0) is 7.05 Å². The minimum absolute atomic E-state index is 0.131. The summed E-state index contributed by atoms with van der Waals surface area (Å²) in [4.78, 5) is 1.46. The highest BCUT2D eigenvalue weighted by atomic mass is 16.3. The standard InChI is InChI=1S/C5H13NO3/c1-6(4-9)5(2-7)3-8/h5,7-9H,2-4H2,1H3. The van der Waals surface area contributed by atoms with Crippen molar-refractivity contribution in [2.45, 2.75) is 6.04 Å². The molecule has 0 spiro atoms. The number of hydrogen-bond donors (Lipinski definition) is 3. The summed E-state index contributed by atoms with van der Waals surface area (Å²) in [5.41, 5.74) is 0. The molecular weight excluding hydrogens is 122 g/mol. The molecule has 0 heterocycles. The number of aliphatic hydroxyl groups is 3. The van der Waals surface area contributed by atoms with E-state index in [0.717, 1.165) is 0 Å². The summed E-state index contributed by atoms with van der Waals surface area (Å²) in [7, 11) is 1.62.